The first-order valence-electron chi connectivity index (χ1n) is 4.32. The fourth-order valence-corrected chi connectivity index (χ4v) is 1.82. The third kappa shape index (κ3) is 1.17. The van der Waals surface area contributed by atoms with Crippen molar-refractivity contribution in [3.05, 3.63) is 39.2 Å². The predicted octanol–water partition coefficient (Wildman–Crippen LogP) is 1.68. The molecule has 0 bridgehead atoms. The molecule has 1 aromatic carbocycles. The van der Waals surface area contributed by atoms with E-state index in [0.717, 1.165) is 0 Å². The van der Waals surface area contributed by atoms with E-state index in [-0.39, 0.29) is 6.04 Å². The molecule has 0 spiro atoms. The standard InChI is InChI=1S/C9H9FN2O2/c10-9-6-1-3-7(11)5(6)2-4-8(9)12(13)14/h2,4,7H,1,3,11H2. The number of nitrogens with two attached hydrogens (primary N) is 1. The molecule has 1 unspecified atom stereocenters. The Morgan fingerprint density at radius 1 is 1.57 bits per heavy atom. The van der Waals surface area contributed by atoms with Crippen LogP contribution in [0.5, 0.6) is 0 Å². The number of hydrogen-bond acceptors (Lipinski definition) is 3. The number of hydrogen-bond donors (Lipinski definition) is 1. The fourth-order valence-electron chi connectivity index (χ4n) is 1.82. The van der Waals surface area contributed by atoms with E-state index >= 15 is 0 Å². The lowest BCUT2D eigenvalue weighted by molar-refractivity contribution is -0.387. The van der Waals surface area contributed by atoms with Gasteiger partial charge in [0.1, 0.15) is 0 Å². The quantitative estimate of drug-likeness (QED) is 0.548. The van der Waals surface area contributed by atoms with E-state index in [1.807, 2.05) is 0 Å². The van der Waals surface area contributed by atoms with Crippen LogP contribution in [0.2, 0.25) is 0 Å². The van der Waals surface area contributed by atoms with Gasteiger partial charge < -0.3 is 5.73 Å². The number of nitrogens with zero attached hydrogens (tertiary/aromatic N) is 1. The third-order valence-corrected chi connectivity index (χ3v) is 2.56. The molecule has 0 saturated heterocycles. The molecule has 0 radical (unpaired) electrons. The number of rotatable bonds is 1. The minimum atomic E-state index is -0.722. The van der Waals surface area contributed by atoms with Gasteiger partial charge in [-0.2, -0.15) is 4.39 Å². The summed E-state index contributed by atoms with van der Waals surface area (Å²) in [5, 5.41) is 10.4. The number of fused-ring (bicyclic) bond motifs is 1. The lowest BCUT2D eigenvalue weighted by atomic mass is 10.1. The summed E-state index contributed by atoms with van der Waals surface area (Å²) in [6.07, 6.45) is 1.15. The van der Waals surface area contributed by atoms with Gasteiger partial charge in [-0.15, -0.1) is 0 Å². The van der Waals surface area contributed by atoms with Crippen LogP contribution in [0.15, 0.2) is 12.1 Å². The van der Waals surface area contributed by atoms with Crippen LogP contribution in [0.1, 0.15) is 23.6 Å². The van der Waals surface area contributed by atoms with Crippen molar-refractivity contribution in [2.24, 2.45) is 5.73 Å². The first-order chi connectivity index (χ1) is 6.61. The van der Waals surface area contributed by atoms with Gasteiger partial charge >= 0.3 is 5.69 Å². The van der Waals surface area contributed by atoms with Crippen molar-refractivity contribution in [2.45, 2.75) is 18.9 Å². The van der Waals surface area contributed by atoms with Gasteiger partial charge in [0.2, 0.25) is 5.82 Å². The first kappa shape index (κ1) is 9.08. The Labute approximate surface area is 79.7 Å². The molecule has 1 atom stereocenters. The van der Waals surface area contributed by atoms with Gasteiger partial charge in [-0.3, -0.25) is 10.1 Å². The van der Waals surface area contributed by atoms with Crippen molar-refractivity contribution >= 4 is 5.69 Å². The zero-order chi connectivity index (χ0) is 10.3. The molecule has 5 heteroatoms. The van der Waals surface area contributed by atoms with Crippen LogP contribution in [0.25, 0.3) is 0 Å². The van der Waals surface area contributed by atoms with Crippen molar-refractivity contribution in [3.63, 3.8) is 0 Å². The predicted molar refractivity (Wildman–Crippen MR) is 48.3 cm³/mol. The average Bonchev–Trinajstić information content (AvgIpc) is 2.49. The maximum absolute atomic E-state index is 13.5. The summed E-state index contributed by atoms with van der Waals surface area (Å²) in [6.45, 7) is 0. The highest BCUT2D eigenvalue weighted by molar-refractivity contribution is 5.45. The monoisotopic (exact) mass is 196 g/mol. The second-order valence-corrected chi connectivity index (χ2v) is 3.37. The van der Waals surface area contributed by atoms with Gasteiger partial charge in [0.25, 0.3) is 0 Å². The van der Waals surface area contributed by atoms with Crippen LogP contribution in [-0.4, -0.2) is 4.92 Å². The molecule has 14 heavy (non-hydrogen) atoms. The Balaban J connectivity index is 2.58. The Morgan fingerprint density at radius 3 is 2.93 bits per heavy atom. The maximum atomic E-state index is 13.5. The second-order valence-electron chi connectivity index (χ2n) is 3.37. The van der Waals surface area contributed by atoms with E-state index in [4.69, 9.17) is 5.73 Å². The highest BCUT2D eigenvalue weighted by Crippen LogP contribution is 2.34. The maximum Gasteiger partial charge on any atom is 0.305 e. The Bertz CT molecular complexity index is 406. The summed E-state index contributed by atoms with van der Waals surface area (Å²) >= 11 is 0. The number of benzene rings is 1. The molecule has 0 aromatic heterocycles. The molecule has 2 rings (SSSR count). The van der Waals surface area contributed by atoms with E-state index in [9.17, 15) is 14.5 Å². The van der Waals surface area contributed by atoms with Crippen molar-refractivity contribution in [3.8, 4) is 0 Å². The van der Waals surface area contributed by atoms with Crippen molar-refractivity contribution in [1.29, 1.82) is 0 Å². The molecular formula is C9H9FN2O2. The van der Waals surface area contributed by atoms with Gasteiger partial charge in [-0.25, -0.2) is 0 Å². The molecule has 4 nitrogen and oxygen atoms in total. The highest BCUT2D eigenvalue weighted by atomic mass is 19.1. The minimum absolute atomic E-state index is 0.180. The second kappa shape index (κ2) is 3.02. The molecule has 0 saturated carbocycles. The Kier molecular flexibility index (Phi) is 1.96. The molecule has 2 N–H and O–H groups in total. The molecule has 0 aliphatic heterocycles. The number of nitro benzene ring substituents is 1. The smallest absolute Gasteiger partial charge is 0.305 e. The SMILES string of the molecule is NC1CCc2c1ccc([N+](=O)[O-])c2F. The normalized spacial score (nSPS) is 19.4. The lowest BCUT2D eigenvalue weighted by Gasteiger charge is -2.04. The zero-order valence-corrected chi connectivity index (χ0v) is 7.37. The van der Waals surface area contributed by atoms with Crippen LogP contribution < -0.4 is 5.73 Å². The van der Waals surface area contributed by atoms with Crippen molar-refractivity contribution in [2.75, 3.05) is 0 Å². The summed E-state index contributed by atoms with van der Waals surface area (Å²) < 4.78 is 13.5. The molecule has 0 amide bonds. The van der Waals surface area contributed by atoms with Crippen LogP contribution in [0, 0.1) is 15.9 Å². The molecule has 0 heterocycles. The van der Waals surface area contributed by atoms with Crippen molar-refractivity contribution < 1.29 is 9.31 Å². The zero-order valence-electron chi connectivity index (χ0n) is 7.37. The summed E-state index contributed by atoms with van der Waals surface area (Å²) in [6, 6.07) is 2.55. The van der Waals surface area contributed by atoms with E-state index < -0.39 is 16.4 Å². The molecule has 74 valence electrons. The van der Waals surface area contributed by atoms with Gasteiger partial charge in [0, 0.05) is 12.1 Å². The summed E-state index contributed by atoms with van der Waals surface area (Å²) in [5.74, 6) is -0.722. The first-order valence-corrected chi connectivity index (χ1v) is 4.32. The highest BCUT2D eigenvalue weighted by Gasteiger charge is 2.27. The third-order valence-electron chi connectivity index (χ3n) is 2.56. The van der Waals surface area contributed by atoms with Crippen LogP contribution in [-0.2, 0) is 6.42 Å². The average molecular weight is 196 g/mol. The van der Waals surface area contributed by atoms with Gasteiger partial charge in [-0.1, -0.05) is 6.07 Å². The summed E-state index contributed by atoms with van der Waals surface area (Å²) in [4.78, 5) is 9.73. The molecular weight excluding hydrogens is 187 g/mol. The summed E-state index contributed by atoms with van der Waals surface area (Å²) in [5.41, 5.74) is 6.36. The molecule has 1 aliphatic carbocycles. The van der Waals surface area contributed by atoms with Gasteiger partial charge in [0.05, 0.1) is 4.92 Å². The van der Waals surface area contributed by atoms with Crippen LogP contribution in [0.3, 0.4) is 0 Å². The van der Waals surface area contributed by atoms with Gasteiger partial charge in [0.15, 0.2) is 0 Å². The molecule has 0 fully saturated rings. The largest absolute Gasteiger partial charge is 0.324 e. The van der Waals surface area contributed by atoms with Crippen molar-refractivity contribution in [1.82, 2.24) is 0 Å². The van der Waals surface area contributed by atoms with E-state index in [0.29, 0.717) is 24.0 Å². The fraction of sp³-hybridized carbons (Fsp3) is 0.333. The Hall–Kier alpha value is -1.49. The molecule has 1 aliphatic rings. The minimum Gasteiger partial charge on any atom is -0.324 e. The van der Waals surface area contributed by atoms with E-state index in [1.54, 1.807) is 6.07 Å². The van der Waals surface area contributed by atoms with Crippen LogP contribution >= 0.6 is 0 Å². The van der Waals surface area contributed by atoms with E-state index in [2.05, 4.69) is 0 Å². The van der Waals surface area contributed by atoms with E-state index in [1.165, 1.54) is 6.07 Å². The van der Waals surface area contributed by atoms with Gasteiger partial charge in [-0.05, 0) is 24.0 Å². The summed E-state index contributed by atoms with van der Waals surface area (Å²) in [7, 11) is 0. The van der Waals surface area contributed by atoms with Crippen LogP contribution in [0.4, 0.5) is 10.1 Å². The molecule has 1 aromatic rings. The number of halogens is 1. The topological polar surface area (TPSA) is 69.2 Å². The Morgan fingerprint density at radius 2 is 2.29 bits per heavy atom. The lowest BCUT2D eigenvalue weighted by Crippen LogP contribution is -2.05. The number of nitro groups is 1.